The summed E-state index contributed by atoms with van der Waals surface area (Å²) < 4.78 is 0. The van der Waals surface area contributed by atoms with Crippen molar-refractivity contribution in [2.24, 2.45) is 0 Å². The molecule has 2 heteroatoms. The number of hydrogen-bond donors (Lipinski definition) is 0. The van der Waals surface area contributed by atoms with Gasteiger partial charge in [0.15, 0.2) is 0 Å². The van der Waals surface area contributed by atoms with Crippen LogP contribution in [0.15, 0.2) is 0 Å². The molecule has 0 aliphatic rings. The molecule has 232 valence electrons. The predicted octanol–water partition coefficient (Wildman–Crippen LogP) is 11.0. The van der Waals surface area contributed by atoms with E-state index in [0.29, 0.717) is 0 Å². The van der Waals surface area contributed by atoms with Crippen molar-refractivity contribution in [3.63, 3.8) is 0 Å². The molecule has 0 unspecified atom stereocenters. The lowest BCUT2D eigenvalue weighted by Gasteiger charge is -2.25. The predicted molar refractivity (Wildman–Crippen MR) is 178 cm³/mol. The van der Waals surface area contributed by atoms with E-state index in [4.69, 9.17) is 0 Å². The van der Waals surface area contributed by atoms with Gasteiger partial charge in [0.05, 0.1) is 24.6 Å². The molecule has 0 aliphatic heterocycles. The minimum Gasteiger partial charge on any atom is -1.00 e. The standard InChI is InChI=1S/C36H76P.ClH/c1-5-9-11-13-15-17-19-21-23-25-27-29-31-33-35-37(7-3,8-4)36-34-32-30-28-26-24-22-20-18-16-14-12-10-6-2;/h5-36H2,1-4H3;1H/q+1;/p-1. The molecule has 0 bridgehead atoms. The smallest absolute Gasteiger partial charge is 0.0594 e. The van der Waals surface area contributed by atoms with Crippen LogP contribution in [0.1, 0.15) is 207 Å². The summed E-state index contributed by atoms with van der Waals surface area (Å²) >= 11 is 0. The van der Waals surface area contributed by atoms with Gasteiger partial charge in [0.1, 0.15) is 0 Å². The summed E-state index contributed by atoms with van der Waals surface area (Å²) in [6.07, 6.45) is 47.8. The van der Waals surface area contributed by atoms with Gasteiger partial charge >= 0.3 is 0 Å². The molecule has 0 nitrogen and oxygen atoms in total. The molecule has 0 amide bonds. The molecule has 0 rings (SSSR count). The maximum absolute atomic E-state index is 2.52. The number of halogens is 1. The van der Waals surface area contributed by atoms with Gasteiger partial charge in [-0.1, -0.05) is 168 Å². The minimum absolute atomic E-state index is 0. The van der Waals surface area contributed by atoms with E-state index in [1.54, 1.807) is 12.3 Å². The first kappa shape index (κ1) is 40.9. The molecule has 0 fully saturated rings. The van der Waals surface area contributed by atoms with Crippen molar-refractivity contribution in [2.75, 3.05) is 24.6 Å². The molecule has 0 N–H and O–H groups in total. The van der Waals surface area contributed by atoms with E-state index in [0.717, 1.165) is 0 Å². The number of hydrogen-bond acceptors (Lipinski definition) is 0. The van der Waals surface area contributed by atoms with Crippen LogP contribution in [0.3, 0.4) is 0 Å². The van der Waals surface area contributed by atoms with Crippen molar-refractivity contribution < 1.29 is 12.4 Å². The van der Waals surface area contributed by atoms with E-state index < -0.39 is 7.26 Å². The maximum atomic E-state index is 2.52. The number of unbranched alkanes of at least 4 members (excludes halogenated alkanes) is 26. The summed E-state index contributed by atoms with van der Waals surface area (Å²) in [6.45, 7) is 9.66. The Kier molecular flexibility index (Phi) is 36.5. The average Bonchev–Trinajstić information content (AvgIpc) is 2.92. The third-order valence-electron chi connectivity index (χ3n) is 9.31. The summed E-state index contributed by atoms with van der Waals surface area (Å²) in [6, 6.07) is 0. The Morgan fingerprint density at radius 3 is 0.632 bits per heavy atom. The van der Waals surface area contributed by atoms with Gasteiger partial charge in [-0.05, 0) is 39.5 Å². The van der Waals surface area contributed by atoms with Crippen molar-refractivity contribution in [3.8, 4) is 0 Å². The van der Waals surface area contributed by atoms with Crippen LogP contribution in [-0.4, -0.2) is 24.6 Å². The van der Waals surface area contributed by atoms with Gasteiger partial charge < -0.3 is 12.4 Å². The molecule has 0 aromatic rings. The summed E-state index contributed by atoms with van der Waals surface area (Å²) in [4.78, 5) is 0. The van der Waals surface area contributed by atoms with Gasteiger partial charge in [-0.2, -0.15) is 0 Å². The van der Waals surface area contributed by atoms with E-state index in [-0.39, 0.29) is 12.4 Å². The zero-order chi connectivity index (χ0) is 27.1. The Labute approximate surface area is 251 Å². The van der Waals surface area contributed by atoms with E-state index in [2.05, 4.69) is 27.7 Å². The summed E-state index contributed by atoms with van der Waals surface area (Å²) in [5.41, 5.74) is 0. The molecule has 0 radical (unpaired) electrons. The first-order valence-corrected chi connectivity index (χ1v) is 20.6. The van der Waals surface area contributed by atoms with E-state index in [1.165, 1.54) is 192 Å². The summed E-state index contributed by atoms with van der Waals surface area (Å²) in [7, 11) is -0.627. The summed E-state index contributed by atoms with van der Waals surface area (Å²) in [5, 5.41) is 0. The molecule has 0 spiro atoms. The normalized spacial score (nSPS) is 11.7. The molecule has 0 aromatic carbocycles. The van der Waals surface area contributed by atoms with E-state index >= 15 is 0 Å². The highest BCUT2D eigenvalue weighted by molar-refractivity contribution is 7.75. The van der Waals surface area contributed by atoms with Crippen LogP contribution >= 0.6 is 7.26 Å². The Balaban J connectivity index is 0. The van der Waals surface area contributed by atoms with Crippen molar-refractivity contribution in [2.45, 2.75) is 207 Å². The summed E-state index contributed by atoms with van der Waals surface area (Å²) in [5.74, 6) is 0. The van der Waals surface area contributed by atoms with Gasteiger partial charge in [-0.25, -0.2) is 0 Å². The second kappa shape index (κ2) is 33.9. The first-order valence-electron chi connectivity index (χ1n) is 18.1. The maximum Gasteiger partial charge on any atom is 0.0594 e. The first-order chi connectivity index (χ1) is 18.2. The molecular weight excluding hydrogens is 499 g/mol. The van der Waals surface area contributed by atoms with E-state index in [1.807, 2.05) is 0 Å². The zero-order valence-corrected chi connectivity index (χ0v) is 29.1. The molecular formula is C36H76ClP. The number of rotatable bonds is 32. The lowest BCUT2D eigenvalue weighted by molar-refractivity contribution is -0.00000839. The fraction of sp³-hybridized carbons (Fsp3) is 1.00. The van der Waals surface area contributed by atoms with Crippen LogP contribution in [0, 0.1) is 0 Å². The Bertz CT molecular complexity index is 372. The van der Waals surface area contributed by atoms with Crippen LogP contribution in [0.25, 0.3) is 0 Å². The molecule has 0 heterocycles. The highest BCUT2D eigenvalue weighted by Gasteiger charge is 2.31. The lowest BCUT2D eigenvalue weighted by atomic mass is 10.0. The van der Waals surface area contributed by atoms with E-state index in [9.17, 15) is 0 Å². The topological polar surface area (TPSA) is 0 Å². The SMILES string of the molecule is CCCCCCCCCCCCCCCC[P+](CC)(CC)CCCCCCCCCCCCCCCC.[Cl-]. The van der Waals surface area contributed by atoms with Crippen LogP contribution < -0.4 is 12.4 Å². The molecule has 0 saturated heterocycles. The van der Waals surface area contributed by atoms with Crippen LogP contribution in [-0.2, 0) is 0 Å². The molecule has 0 aromatic heterocycles. The Morgan fingerprint density at radius 1 is 0.263 bits per heavy atom. The highest BCUT2D eigenvalue weighted by atomic mass is 35.5. The fourth-order valence-corrected chi connectivity index (χ4v) is 9.98. The van der Waals surface area contributed by atoms with Crippen LogP contribution in [0.2, 0.25) is 0 Å². The second-order valence-corrected chi connectivity index (χ2v) is 17.5. The largest absolute Gasteiger partial charge is 1.00 e. The van der Waals surface area contributed by atoms with Gasteiger partial charge in [-0.3, -0.25) is 0 Å². The van der Waals surface area contributed by atoms with Gasteiger partial charge in [0.25, 0.3) is 0 Å². The Hall–Kier alpha value is 0.720. The van der Waals surface area contributed by atoms with Crippen LogP contribution in [0.5, 0.6) is 0 Å². The van der Waals surface area contributed by atoms with Crippen LogP contribution in [0.4, 0.5) is 0 Å². The fourth-order valence-electron chi connectivity index (χ4n) is 6.25. The average molecular weight is 575 g/mol. The Morgan fingerprint density at radius 2 is 0.447 bits per heavy atom. The lowest BCUT2D eigenvalue weighted by Crippen LogP contribution is -3.00. The van der Waals surface area contributed by atoms with Crippen molar-refractivity contribution in [3.05, 3.63) is 0 Å². The van der Waals surface area contributed by atoms with Gasteiger partial charge in [0.2, 0.25) is 0 Å². The third kappa shape index (κ3) is 28.3. The molecule has 0 saturated carbocycles. The second-order valence-electron chi connectivity index (χ2n) is 12.6. The highest BCUT2D eigenvalue weighted by Crippen LogP contribution is 2.59. The third-order valence-corrected chi connectivity index (χ3v) is 14.5. The molecule has 0 atom stereocenters. The quantitative estimate of drug-likeness (QED) is 0.0553. The van der Waals surface area contributed by atoms with Crippen molar-refractivity contribution in [1.29, 1.82) is 0 Å². The molecule has 0 aliphatic carbocycles. The zero-order valence-electron chi connectivity index (χ0n) is 27.5. The monoisotopic (exact) mass is 575 g/mol. The van der Waals surface area contributed by atoms with Gasteiger partial charge in [-0.15, -0.1) is 0 Å². The van der Waals surface area contributed by atoms with Crippen molar-refractivity contribution >= 4 is 7.26 Å². The minimum atomic E-state index is -0.627. The van der Waals surface area contributed by atoms with Crippen molar-refractivity contribution in [1.82, 2.24) is 0 Å². The molecule has 38 heavy (non-hydrogen) atoms. The van der Waals surface area contributed by atoms with Gasteiger partial charge in [0, 0.05) is 7.26 Å².